The van der Waals surface area contributed by atoms with Crippen molar-refractivity contribution >= 4 is 26.7 Å². The zero-order valence-electron chi connectivity index (χ0n) is 36.6. The first-order valence-corrected chi connectivity index (χ1v) is 24.4. The van der Waals surface area contributed by atoms with Gasteiger partial charge in [-0.1, -0.05) is 167 Å². The number of allylic oxidation sites excluding steroid dienone is 1. The molecule has 4 N–H and O–H groups in total. The van der Waals surface area contributed by atoms with E-state index in [1.54, 1.807) is 6.08 Å². The number of ether oxygens (including phenoxy) is 2. The first-order chi connectivity index (χ1) is 27.2. The quantitative estimate of drug-likeness (QED) is 0.0217. The van der Waals surface area contributed by atoms with Crippen LogP contribution in [0.15, 0.2) is 12.2 Å². The average Bonchev–Trinajstić information content (AvgIpc) is 3.15. The Hall–Kier alpha value is 0.750. The second kappa shape index (κ2) is 38.1. The molecule has 59 heavy (non-hydrogen) atoms. The maximum Gasteiger partial charge on any atom is 1.00 e. The molecule has 0 aromatic heterocycles. The molecule has 1 rings (SSSR count). The molecule has 1 aliphatic rings. The second-order valence-electron chi connectivity index (χ2n) is 15.4. The number of hydrogen-bond acceptors (Lipinski definition) is 14. The van der Waals surface area contributed by atoms with E-state index in [0.717, 1.165) is 44.9 Å². The molecule has 0 aliphatic carbocycles. The monoisotopic (exact) mass is 903 g/mol. The van der Waals surface area contributed by atoms with Gasteiger partial charge in [-0.05, 0) is 19.3 Å². The van der Waals surface area contributed by atoms with Gasteiger partial charge in [-0.3, -0.25) is 13.2 Å². The molecular weight excluding hydrogens is 829 g/mol. The van der Waals surface area contributed by atoms with Gasteiger partial charge in [-0.15, -0.1) is 0 Å². The van der Waals surface area contributed by atoms with Crippen LogP contribution in [-0.2, 0) is 43.4 Å². The first-order valence-electron chi connectivity index (χ1n) is 21.7. The Kier molecular flexibility index (Phi) is 39.9. The van der Waals surface area contributed by atoms with Crippen LogP contribution in [0.4, 0.5) is 0 Å². The normalized spacial score (nSPS) is 20.8. The van der Waals surface area contributed by atoms with Gasteiger partial charge >= 0.3 is 59.1 Å². The van der Waals surface area contributed by atoms with Crippen molar-refractivity contribution in [3.8, 4) is 0 Å². The van der Waals surface area contributed by atoms with Gasteiger partial charge in [0.25, 0.3) is 0 Å². The smallest absolute Gasteiger partial charge is 0.726 e. The molecule has 19 heteroatoms. The minimum Gasteiger partial charge on any atom is -0.726 e. The summed E-state index contributed by atoms with van der Waals surface area (Å²) in [5.41, 5.74) is 0. The number of rotatable bonds is 37. The molecule has 1 heterocycles. The summed E-state index contributed by atoms with van der Waals surface area (Å²) in [5, 5.41) is 34.8. The predicted molar refractivity (Wildman–Crippen MR) is 215 cm³/mol. The number of nitrogens with one attached hydrogen (secondary N) is 1. The van der Waals surface area contributed by atoms with Crippen LogP contribution in [0.5, 0.6) is 0 Å². The van der Waals surface area contributed by atoms with E-state index in [0.29, 0.717) is 12.8 Å². The van der Waals surface area contributed by atoms with Crippen LogP contribution in [0.3, 0.4) is 0 Å². The molecule has 0 saturated carbocycles. The number of carbonyl (C=O) groups excluding carboxylic acids is 1. The fraction of sp³-hybridized carbons (Fsp3) is 0.925. The fourth-order valence-corrected chi connectivity index (χ4v) is 7.65. The molecule has 1 aliphatic heterocycles. The molecule has 15 nitrogen and oxygen atoms in total. The van der Waals surface area contributed by atoms with Crippen molar-refractivity contribution in [2.45, 2.75) is 224 Å². The number of amides is 1. The SMILES string of the molecule is CCCCCCCCCCCCC/C=C/[C@@H](O)[C@H](CO[C@@H]1O[C@@H](COS(=O)(=O)[O-])[C@@H](O)[C@H](O)[C@@H]1OS(=O)(=O)[O-])NC(=O)CCCCCCCCCCCCCCC.[Na+].[Na+]. The van der Waals surface area contributed by atoms with E-state index in [1.807, 2.05) is 0 Å². The minimum atomic E-state index is -5.49. The molecule has 0 aromatic rings. The van der Waals surface area contributed by atoms with Gasteiger partial charge in [0.2, 0.25) is 26.7 Å². The summed E-state index contributed by atoms with van der Waals surface area (Å²) >= 11 is 0. The predicted octanol–water partition coefficient (Wildman–Crippen LogP) is 0.364. The Morgan fingerprint density at radius 1 is 0.695 bits per heavy atom. The third kappa shape index (κ3) is 33.9. The van der Waals surface area contributed by atoms with Crippen LogP contribution < -0.4 is 64.4 Å². The first kappa shape index (κ1) is 61.8. The number of aliphatic hydroxyl groups is 3. The van der Waals surface area contributed by atoms with Gasteiger partial charge < -0.3 is 39.2 Å². The van der Waals surface area contributed by atoms with E-state index < -0.39 is 76.9 Å². The van der Waals surface area contributed by atoms with Gasteiger partial charge in [0.05, 0.1) is 25.4 Å². The summed E-state index contributed by atoms with van der Waals surface area (Å²) in [6.45, 7) is 2.80. The fourth-order valence-electron chi connectivity index (χ4n) is 6.87. The van der Waals surface area contributed by atoms with Crippen molar-refractivity contribution in [1.82, 2.24) is 5.32 Å². The molecule has 1 amide bonds. The molecule has 0 spiro atoms. The van der Waals surface area contributed by atoms with Crippen LogP contribution >= 0.6 is 0 Å². The average molecular weight is 904 g/mol. The van der Waals surface area contributed by atoms with E-state index in [9.17, 15) is 46.1 Å². The Balaban J connectivity index is 0. The van der Waals surface area contributed by atoms with Crippen LogP contribution in [0.2, 0.25) is 0 Å². The maximum atomic E-state index is 13.0. The Labute approximate surface area is 400 Å². The molecular formula is C40H75NNa2O14S2. The topological polar surface area (TPSA) is 241 Å². The largest absolute Gasteiger partial charge is 1.00 e. The van der Waals surface area contributed by atoms with E-state index >= 15 is 0 Å². The van der Waals surface area contributed by atoms with E-state index in [4.69, 9.17) is 9.47 Å². The molecule has 0 aromatic carbocycles. The summed E-state index contributed by atoms with van der Waals surface area (Å²) in [5.74, 6) is -0.369. The summed E-state index contributed by atoms with van der Waals surface area (Å²) < 4.78 is 87.0. The summed E-state index contributed by atoms with van der Waals surface area (Å²) in [4.78, 5) is 13.0. The van der Waals surface area contributed by atoms with Crippen molar-refractivity contribution in [3.63, 3.8) is 0 Å². The number of aliphatic hydroxyl groups excluding tert-OH is 3. The maximum absolute atomic E-state index is 13.0. The molecule has 1 fully saturated rings. The molecule has 0 bridgehead atoms. The van der Waals surface area contributed by atoms with Gasteiger partial charge in [-0.25, -0.2) is 16.8 Å². The number of hydrogen-bond donors (Lipinski definition) is 4. The zero-order chi connectivity index (χ0) is 42.4. The van der Waals surface area contributed by atoms with Crippen molar-refractivity contribution in [1.29, 1.82) is 0 Å². The van der Waals surface area contributed by atoms with Crippen LogP contribution in [0.1, 0.15) is 181 Å². The third-order valence-electron chi connectivity index (χ3n) is 10.3. The second-order valence-corrected chi connectivity index (χ2v) is 17.5. The number of unbranched alkanes of at least 4 members (excludes halogenated alkanes) is 23. The van der Waals surface area contributed by atoms with Crippen molar-refractivity contribution in [2.75, 3.05) is 13.2 Å². The van der Waals surface area contributed by atoms with Crippen molar-refractivity contribution < 1.29 is 123 Å². The van der Waals surface area contributed by atoms with Gasteiger partial charge in [0.1, 0.15) is 18.3 Å². The Morgan fingerprint density at radius 2 is 1.14 bits per heavy atom. The molecule has 0 radical (unpaired) electrons. The van der Waals surface area contributed by atoms with E-state index in [2.05, 4.69) is 27.5 Å². The minimum absolute atomic E-state index is 0. The summed E-state index contributed by atoms with van der Waals surface area (Å²) in [7, 11) is -10.7. The number of carbonyl (C=O) groups is 1. The van der Waals surface area contributed by atoms with Gasteiger partial charge in [-0.2, -0.15) is 0 Å². The summed E-state index contributed by atoms with van der Waals surface area (Å²) in [6.07, 6.45) is 21.0. The van der Waals surface area contributed by atoms with Crippen molar-refractivity contribution in [3.05, 3.63) is 12.2 Å². The Bertz CT molecular complexity index is 1260. The van der Waals surface area contributed by atoms with Crippen LogP contribution in [0, 0.1) is 0 Å². The Morgan fingerprint density at radius 3 is 1.58 bits per heavy atom. The van der Waals surface area contributed by atoms with E-state index in [-0.39, 0.29) is 71.4 Å². The van der Waals surface area contributed by atoms with Gasteiger partial charge in [0, 0.05) is 6.42 Å². The zero-order valence-corrected chi connectivity index (χ0v) is 42.3. The molecule has 7 atom stereocenters. The standard InChI is InChI=1S/C40H77NO14S2.2Na/c1-3-5-7-9-11-13-15-17-19-21-23-25-27-29-34(42)33(41-36(43)30-28-26-24-22-20-18-16-14-12-10-8-6-4-2)31-52-40-39(55-57(49,50)51)38(45)37(44)35(54-40)32-53-56(46,47)48;;/h27,29,33-35,37-40,42,44-45H,3-26,28,30-32H2,1-2H3,(H,41,43)(H,46,47,48)(H,49,50,51);;/q;2*+1/p-2/b29-27+;;/t33-,34+,35-,37+,38-,39-,40+;;/m0../s1. The summed E-state index contributed by atoms with van der Waals surface area (Å²) in [6, 6.07) is -1.11. The van der Waals surface area contributed by atoms with Crippen LogP contribution in [-0.4, -0.2) is 103 Å². The third-order valence-corrected chi connectivity index (χ3v) is 11.1. The molecule has 1 saturated heterocycles. The van der Waals surface area contributed by atoms with Crippen molar-refractivity contribution in [2.24, 2.45) is 0 Å². The molecule has 338 valence electrons. The van der Waals surface area contributed by atoms with Crippen LogP contribution in [0.25, 0.3) is 0 Å². The molecule has 0 unspecified atom stereocenters. The van der Waals surface area contributed by atoms with Gasteiger partial charge in [0.15, 0.2) is 12.4 Å². The van der Waals surface area contributed by atoms with E-state index in [1.165, 1.54) is 109 Å².